The molecule has 3 atom stereocenters. The molecule has 0 bridgehead atoms. The number of fused-ring (bicyclic) bond motifs is 2. The van der Waals surface area contributed by atoms with Crippen LogP contribution in [0.1, 0.15) is 134 Å². The molecule has 0 saturated heterocycles. The van der Waals surface area contributed by atoms with Crippen LogP contribution in [-0.2, 0) is 10.3 Å². The fourth-order valence-corrected chi connectivity index (χ4v) is 8.18. The predicted octanol–water partition coefficient (Wildman–Crippen LogP) is 11.0. The predicted molar refractivity (Wildman–Crippen MR) is 155 cm³/mol. The largest absolute Gasteiger partial charge is 0.486 e. The van der Waals surface area contributed by atoms with E-state index in [4.69, 9.17) is 4.74 Å². The number of aryl methyl sites for hydroxylation is 1. The summed E-state index contributed by atoms with van der Waals surface area (Å²) in [6, 6.07) is 2.49. The van der Waals surface area contributed by atoms with Crippen molar-refractivity contribution in [3.05, 3.63) is 27.1 Å². The molecule has 0 radical (unpaired) electrons. The van der Waals surface area contributed by atoms with Gasteiger partial charge in [-0.3, -0.25) is 0 Å². The van der Waals surface area contributed by atoms with Crippen molar-refractivity contribution in [3.63, 3.8) is 0 Å². The van der Waals surface area contributed by atoms with Gasteiger partial charge in [-0.1, -0.05) is 87.0 Å². The van der Waals surface area contributed by atoms with Crippen molar-refractivity contribution in [2.45, 2.75) is 137 Å². The average Bonchev–Trinajstić information content (AvgIpc) is 3.32. The number of ether oxygens (including phenoxy) is 1. The number of allylic oxidation sites excluding steroid dienone is 1. The van der Waals surface area contributed by atoms with Crippen molar-refractivity contribution in [1.82, 2.24) is 0 Å². The van der Waals surface area contributed by atoms with Crippen molar-refractivity contribution in [3.8, 4) is 0 Å². The fraction of sp³-hybridized carbons (Fsp3) is 0.806. The van der Waals surface area contributed by atoms with Gasteiger partial charge in [-0.2, -0.15) is 0 Å². The molecule has 0 fully saturated rings. The SMILES string of the molecule is Cc1cc2c(s1)C1=C(CC(C)S1)OC2(CCC(C)CCCC(C)C)CCC(C)CCCC(C)C. The van der Waals surface area contributed by atoms with Crippen molar-refractivity contribution < 1.29 is 4.74 Å². The molecular formula is C31H52OS2. The summed E-state index contributed by atoms with van der Waals surface area (Å²) in [5, 5.41) is 0.640. The smallest absolute Gasteiger partial charge is 0.135 e. The normalized spacial score (nSPS) is 23.9. The quantitative estimate of drug-likeness (QED) is 0.249. The topological polar surface area (TPSA) is 9.23 Å². The summed E-state index contributed by atoms with van der Waals surface area (Å²) in [6.07, 6.45) is 14.2. The first kappa shape index (κ1) is 28.2. The minimum atomic E-state index is -0.109. The maximum Gasteiger partial charge on any atom is 0.135 e. The zero-order valence-electron chi connectivity index (χ0n) is 23.5. The molecule has 1 nitrogen and oxygen atoms in total. The Morgan fingerprint density at radius 1 is 0.882 bits per heavy atom. The van der Waals surface area contributed by atoms with Gasteiger partial charge in [0.25, 0.3) is 0 Å². The Bertz CT molecular complexity index is 778. The van der Waals surface area contributed by atoms with E-state index in [0.717, 1.165) is 30.1 Å². The first-order valence-corrected chi connectivity index (χ1v) is 16.0. The number of rotatable bonds is 14. The molecule has 0 aromatic carbocycles. The van der Waals surface area contributed by atoms with Gasteiger partial charge in [0.1, 0.15) is 11.4 Å². The second-order valence-electron chi connectivity index (χ2n) is 12.5. The van der Waals surface area contributed by atoms with Gasteiger partial charge in [0.05, 0.1) is 9.78 Å². The summed E-state index contributed by atoms with van der Waals surface area (Å²) in [4.78, 5) is 4.46. The summed E-state index contributed by atoms with van der Waals surface area (Å²) < 4.78 is 7.16. The molecule has 0 spiro atoms. The van der Waals surface area contributed by atoms with E-state index in [-0.39, 0.29) is 5.60 Å². The summed E-state index contributed by atoms with van der Waals surface area (Å²) in [7, 11) is 0. The van der Waals surface area contributed by atoms with Gasteiger partial charge in [-0.05, 0) is 62.3 Å². The van der Waals surface area contributed by atoms with Crippen LogP contribution in [0, 0.1) is 30.6 Å². The van der Waals surface area contributed by atoms with E-state index in [1.807, 2.05) is 23.1 Å². The lowest BCUT2D eigenvalue weighted by atomic mass is 9.78. The van der Waals surface area contributed by atoms with Gasteiger partial charge in [-0.15, -0.1) is 23.1 Å². The standard InChI is InChI=1S/C31H52OS2/c1-21(2)11-9-13-23(5)15-17-31(18-16-24(6)14-10-12-22(3)4)27-19-25(7)33-29(27)30-28(32-31)20-26(8)34-30/h19,21-24,26H,9-18,20H2,1-8H3. The minimum absolute atomic E-state index is 0.109. The van der Waals surface area contributed by atoms with Crippen LogP contribution in [-0.4, -0.2) is 5.25 Å². The van der Waals surface area contributed by atoms with E-state index >= 15 is 0 Å². The molecule has 2 aliphatic rings. The van der Waals surface area contributed by atoms with E-state index < -0.39 is 0 Å². The molecular weight excluding hydrogens is 452 g/mol. The van der Waals surface area contributed by atoms with Crippen molar-refractivity contribution in [2.24, 2.45) is 23.7 Å². The maximum atomic E-state index is 7.16. The Balaban J connectivity index is 1.75. The van der Waals surface area contributed by atoms with E-state index in [9.17, 15) is 0 Å². The van der Waals surface area contributed by atoms with Crippen LogP contribution in [0.5, 0.6) is 0 Å². The Morgan fingerprint density at radius 3 is 1.97 bits per heavy atom. The van der Waals surface area contributed by atoms with Crippen LogP contribution in [0.4, 0.5) is 0 Å². The van der Waals surface area contributed by atoms with Crippen molar-refractivity contribution in [1.29, 1.82) is 0 Å². The second-order valence-corrected chi connectivity index (χ2v) is 15.2. The molecule has 3 heterocycles. The Labute approximate surface area is 219 Å². The third-order valence-corrected chi connectivity index (χ3v) is 10.4. The van der Waals surface area contributed by atoms with Crippen LogP contribution in [0.3, 0.4) is 0 Å². The van der Waals surface area contributed by atoms with E-state index in [2.05, 4.69) is 61.5 Å². The molecule has 0 saturated carbocycles. The molecule has 1 aromatic heterocycles. The molecule has 2 aliphatic heterocycles. The Hall–Kier alpha value is -0.410. The number of hydrogen-bond acceptors (Lipinski definition) is 3. The molecule has 0 amide bonds. The minimum Gasteiger partial charge on any atom is -0.486 e. The highest BCUT2D eigenvalue weighted by Crippen LogP contribution is 2.57. The maximum absolute atomic E-state index is 7.16. The Morgan fingerprint density at radius 2 is 1.44 bits per heavy atom. The van der Waals surface area contributed by atoms with Gasteiger partial charge >= 0.3 is 0 Å². The van der Waals surface area contributed by atoms with Gasteiger partial charge < -0.3 is 4.74 Å². The highest BCUT2D eigenvalue weighted by molar-refractivity contribution is 8.09. The first-order valence-electron chi connectivity index (χ1n) is 14.3. The summed E-state index contributed by atoms with van der Waals surface area (Å²) >= 11 is 4.06. The van der Waals surface area contributed by atoms with E-state index in [0.29, 0.717) is 5.25 Å². The van der Waals surface area contributed by atoms with Crippen LogP contribution < -0.4 is 0 Å². The summed E-state index contributed by atoms with van der Waals surface area (Å²) in [6.45, 7) is 19.0. The van der Waals surface area contributed by atoms with Gasteiger partial charge in [0, 0.05) is 22.1 Å². The van der Waals surface area contributed by atoms with Gasteiger partial charge in [0.2, 0.25) is 0 Å². The monoisotopic (exact) mass is 504 g/mol. The second kappa shape index (κ2) is 12.7. The lowest BCUT2D eigenvalue weighted by Gasteiger charge is -2.40. The third kappa shape index (κ3) is 7.55. The highest BCUT2D eigenvalue weighted by atomic mass is 32.2. The highest BCUT2D eigenvalue weighted by Gasteiger charge is 2.45. The zero-order chi connectivity index (χ0) is 24.9. The molecule has 0 N–H and O–H groups in total. The number of thiophene rings is 1. The van der Waals surface area contributed by atoms with Crippen LogP contribution in [0.2, 0.25) is 0 Å². The van der Waals surface area contributed by atoms with Crippen LogP contribution in [0.15, 0.2) is 11.8 Å². The van der Waals surface area contributed by atoms with E-state index in [1.165, 1.54) is 85.3 Å². The third-order valence-electron chi connectivity index (χ3n) is 7.95. The molecule has 1 aromatic rings. The molecule has 3 rings (SSSR count). The molecule has 34 heavy (non-hydrogen) atoms. The van der Waals surface area contributed by atoms with Gasteiger partial charge in [0.15, 0.2) is 0 Å². The van der Waals surface area contributed by atoms with Gasteiger partial charge in [-0.25, -0.2) is 0 Å². The van der Waals surface area contributed by atoms with Crippen molar-refractivity contribution >= 4 is 28.0 Å². The molecule has 0 aliphatic carbocycles. The molecule has 3 heteroatoms. The zero-order valence-corrected chi connectivity index (χ0v) is 25.1. The summed E-state index contributed by atoms with van der Waals surface area (Å²) in [5.41, 5.74) is 1.42. The van der Waals surface area contributed by atoms with E-state index in [1.54, 1.807) is 4.88 Å². The Kier molecular flexibility index (Phi) is 10.5. The molecule has 194 valence electrons. The molecule has 3 unspecified atom stereocenters. The lowest BCUT2D eigenvalue weighted by molar-refractivity contribution is -0.0320. The van der Waals surface area contributed by atoms with Crippen molar-refractivity contribution in [2.75, 3.05) is 0 Å². The van der Waals surface area contributed by atoms with Crippen LogP contribution in [0.25, 0.3) is 4.91 Å². The average molecular weight is 505 g/mol. The summed E-state index contributed by atoms with van der Waals surface area (Å²) in [5.74, 6) is 4.50. The van der Waals surface area contributed by atoms with Crippen LogP contribution >= 0.6 is 23.1 Å². The first-order chi connectivity index (χ1) is 16.1. The fourth-order valence-electron chi connectivity index (χ4n) is 5.74. The number of hydrogen-bond donors (Lipinski definition) is 0. The number of thioether (sulfide) groups is 1. The lowest BCUT2D eigenvalue weighted by Crippen LogP contribution is -2.33.